The van der Waals surface area contributed by atoms with Gasteiger partial charge in [-0.25, -0.2) is 0 Å². The van der Waals surface area contributed by atoms with Crippen LogP contribution in [-0.2, 0) is 0 Å². The van der Waals surface area contributed by atoms with Crippen LogP contribution in [0.3, 0.4) is 0 Å². The minimum Gasteiger partial charge on any atom is -0.379 e. The van der Waals surface area contributed by atoms with Crippen molar-refractivity contribution >= 4 is 11.3 Å². The Bertz CT molecular complexity index is 582. The number of hydrogen-bond acceptors (Lipinski definition) is 1. The Hall–Kier alpha value is -2.28. The van der Waals surface area contributed by atoms with E-state index in [2.05, 4.69) is 78.1 Å². The van der Waals surface area contributed by atoms with Gasteiger partial charge >= 0.3 is 0 Å². The second-order valence-corrected chi connectivity index (χ2v) is 4.74. The van der Waals surface area contributed by atoms with Gasteiger partial charge in [0.05, 0.1) is 0 Å². The minimum absolute atomic E-state index is 0.364. The highest BCUT2D eigenvalue weighted by Gasteiger charge is 2.09. The van der Waals surface area contributed by atoms with Crippen LogP contribution in [0.5, 0.6) is 0 Å². The van der Waals surface area contributed by atoms with Gasteiger partial charge < -0.3 is 5.32 Å². The Morgan fingerprint density at radius 2 is 1.53 bits per heavy atom. The van der Waals surface area contributed by atoms with Crippen molar-refractivity contribution in [1.29, 1.82) is 0 Å². The molecule has 0 saturated carbocycles. The van der Waals surface area contributed by atoms with E-state index in [0.29, 0.717) is 6.04 Å². The molecule has 1 unspecified atom stereocenters. The molecule has 0 aliphatic heterocycles. The van der Waals surface area contributed by atoms with Crippen LogP contribution in [0.4, 0.5) is 5.69 Å². The van der Waals surface area contributed by atoms with Gasteiger partial charge in [0.2, 0.25) is 0 Å². The quantitative estimate of drug-likeness (QED) is 0.841. The fourth-order valence-corrected chi connectivity index (χ4v) is 2.35. The molecular formula is C18H17N. The Morgan fingerprint density at radius 1 is 0.842 bits per heavy atom. The number of allylic oxidation sites excluding steroid dienone is 2. The molecule has 1 atom stereocenters. The maximum Gasteiger partial charge on any atom is 0.0487 e. The summed E-state index contributed by atoms with van der Waals surface area (Å²) in [5, 5.41) is 3.55. The number of rotatable bonds is 3. The van der Waals surface area contributed by atoms with E-state index < -0.39 is 0 Å². The van der Waals surface area contributed by atoms with Gasteiger partial charge in [0.15, 0.2) is 0 Å². The van der Waals surface area contributed by atoms with Gasteiger partial charge in [-0.15, -0.1) is 0 Å². The molecule has 2 aromatic carbocycles. The Morgan fingerprint density at radius 3 is 2.26 bits per heavy atom. The molecule has 19 heavy (non-hydrogen) atoms. The van der Waals surface area contributed by atoms with E-state index >= 15 is 0 Å². The highest BCUT2D eigenvalue weighted by atomic mass is 14.9. The van der Waals surface area contributed by atoms with Gasteiger partial charge in [-0.1, -0.05) is 66.8 Å². The summed E-state index contributed by atoms with van der Waals surface area (Å²) in [6.45, 7) is 0. The Kier molecular flexibility index (Phi) is 3.46. The molecule has 0 spiro atoms. The smallest absolute Gasteiger partial charge is 0.0487 e. The second-order valence-electron chi connectivity index (χ2n) is 4.74. The summed E-state index contributed by atoms with van der Waals surface area (Å²) < 4.78 is 0. The lowest BCUT2D eigenvalue weighted by Gasteiger charge is -2.19. The Labute approximate surface area is 114 Å². The lowest BCUT2D eigenvalue weighted by Crippen LogP contribution is -2.17. The molecule has 1 aliphatic carbocycles. The molecular weight excluding hydrogens is 230 g/mol. The SMILES string of the molecule is C1=CC(c2ccccc2)=CC(Nc2ccccc2)C1. The zero-order chi connectivity index (χ0) is 12.9. The van der Waals surface area contributed by atoms with E-state index in [1.54, 1.807) is 0 Å². The van der Waals surface area contributed by atoms with Crippen LogP contribution in [0.15, 0.2) is 78.9 Å². The van der Waals surface area contributed by atoms with Crippen molar-refractivity contribution in [1.82, 2.24) is 0 Å². The van der Waals surface area contributed by atoms with Gasteiger partial charge in [0.1, 0.15) is 0 Å². The van der Waals surface area contributed by atoms with Crippen LogP contribution in [0, 0.1) is 0 Å². The average molecular weight is 247 g/mol. The largest absolute Gasteiger partial charge is 0.379 e. The first-order valence-corrected chi connectivity index (χ1v) is 6.67. The number of para-hydroxylation sites is 1. The van der Waals surface area contributed by atoms with Gasteiger partial charge in [-0.05, 0) is 29.7 Å². The number of anilines is 1. The first kappa shape index (κ1) is 11.8. The Balaban J connectivity index is 1.78. The van der Waals surface area contributed by atoms with Crippen molar-refractivity contribution in [2.24, 2.45) is 0 Å². The normalized spacial score (nSPS) is 17.9. The topological polar surface area (TPSA) is 12.0 Å². The third-order valence-corrected chi connectivity index (χ3v) is 3.30. The molecule has 94 valence electrons. The lowest BCUT2D eigenvalue weighted by molar-refractivity contribution is 0.886. The molecule has 1 N–H and O–H groups in total. The van der Waals surface area contributed by atoms with E-state index in [-0.39, 0.29) is 0 Å². The van der Waals surface area contributed by atoms with Crippen molar-refractivity contribution in [3.05, 3.63) is 84.5 Å². The summed E-state index contributed by atoms with van der Waals surface area (Å²) in [5.74, 6) is 0. The zero-order valence-corrected chi connectivity index (χ0v) is 10.8. The summed E-state index contributed by atoms with van der Waals surface area (Å²) in [5.41, 5.74) is 3.74. The summed E-state index contributed by atoms with van der Waals surface area (Å²) in [6.07, 6.45) is 7.79. The zero-order valence-electron chi connectivity index (χ0n) is 10.8. The first-order valence-electron chi connectivity index (χ1n) is 6.67. The molecule has 0 fully saturated rings. The van der Waals surface area contributed by atoms with Gasteiger partial charge in [0.25, 0.3) is 0 Å². The van der Waals surface area contributed by atoms with E-state index in [1.807, 2.05) is 6.07 Å². The second kappa shape index (κ2) is 5.57. The van der Waals surface area contributed by atoms with Crippen LogP contribution in [0.2, 0.25) is 0 Å². The number of nitrogens with one attached hydrogen (secondary N) is 1. The van der Waals surface area contributed by atoms with E-state index in [4.69, 9.17) is 0 Å². The fraction of sp³-hybridized carbons (Fsp3) is 0.111. The molecule has 0 radical (unpaired) electrons. The standard InChI is InChI=1S/C18H17N/c1-3-8-15(9-4-1)16-10-7-13-18(14-16)19-17-11-5-2-6-12-17/h1-12,14,18-19H,13H2. The molecule has 1 aliphatic rings. The van der Waals surface area contributed by atoms with Crippen molar-refractivity contribution in [3.63, 3.8) is 0 Å². The fourth-order valence-electron chi connectivity index (χ4n) is 2.35. The molecule has 0 bridgehead atoms. The molecule has 1 heteroatoms. The summed E-state index contributed by atoms with van der Waals surface area (Å²) in [4.78, 5) is 0. The molecule has 0 saturated heterocycles. The van der Waals surface area contributed by atoms with Crippen molar-refractivity contribution < 1.29 is 0 Å². The number of hydrogen-bond donors (Lipinski definition) is 1. The van der Waals surface area contributed by atoms with E-state index in [1.165, 1.54) is 16.8 Å². The van der Waals surface area contributed by atoms with Gasteiger partial charge in [0, 0.05) is 11.7 Å². The van der Waals surface area contributed by atoms with Crippen LogP contribution < -0.4 is 5.32 Å². The van der Waals surface area contributed by atoms with Gasteiger partial charge in [-0.3, -0.25) is 0 Å². The van der Waals surface area contributed by atoms with Crippen molar-refractivity contribution in [2.75, 3.05) is 5.32 Å². The minimum atomic E-state index is 0.364. The summed E-state index contributed by atoms with van der Waals surface area (Å²) >= 11 is 0. The average Bonchev–Trinajstić information content (AvgIpc) is 2.49. The highest BCUT2D eigenvalue weighted by molar-refractivity contribution is 5.76. The van der Waals surface area contributed by atoms with Crippen LogP contribution in [-0.4, -0.2) is 6.04 Å². The molecule has 2 aromatic rings. The van der Waals surface area contributed by atoms with Gasteiger partial charge in [-0.2, -0.15) is 0 Å². The van der Waals surface area contributed by atoms with E-state index in [9.17, 15) is 0 Å². The number of benzene rings is 2. The molecule has 0 aromatic heterocycles. The van der Waals surface area contributed by atoms with Crippen LogP contribution in [0.1, 0.15) is 12.0 Å². The summed E-state index contributed by atoms with van der Waals surface area (Å²) in [7, 11) is 0. The molecule has 0 heterocycles. The maximum atomic E-state index is 3.55. The van der Waals surface area contributed by atoms with Crippen LogP contribution in [0.25, 0.3) is 5.57 Å². The molecule has 0 amide bonds. The maximum absolute atomic E-state index is 3.55. The van der Waals surface area contributed by atoms with Crippen LogP contribution >= 0.6 is 0 Å². The monoisotopic (exact) mass is 247 g/mol. The predicted molar refractivity (Wildman–Crippen MR) is 82.0 cm³/mol. The van der Waals surface area contributed by atoms with Crippen molar-refractivity contribution in [2.45, 2.75) is 12.5 Å². The third-order valence-electron chi connectivity index (χ3n) is 3.30. The predicted octanol–water partition coefficient (Wildman–Crippen LogP) is 4.51. The lowest BCUT2D eigenvalue weighted by atomic mass is 9.97. The van der Waals surface area contributed by atoms with Crippen molar-refractivity contribution in [3.8, 4) is 0 Å². The first-order chi connectivity index (χ1) is 9.42. The summed E-state index contributed by atoms with van der Waals surface area (Å²) in [6, 6.07) is 21.3. The molecule has 1 nitrogen and oxygen atoms in total. The highest BCUT2D eigenvalue weighted by Crippen LogP contribution is 2.23. The molecule has 3 rings (SSSR count). The third kappa shape index (κ3) is 2.94. The van der Waals surface area contributed by atoms with E-state index in [0.717, 1.165) is 6.42 Å².